The van der Waals surface area contributed by atoms with Crippen LogP contribution in [0.2, 0.25) is 5.15 Å². The molecule has 7 heteroatoms. The number of hydrogen-bond acceptors (Lipinski definition) is 6. The largest absolute Gasteiger partial charge is 0.401 e. The average molecular weight is 274 g/mol. The lowest BCUT2D eigenvalue weighted by Crippen LogP contribution is -1.88. The number of anilines is 2. The Morgan fingerprint density at radius 2 is 1.74 bits per heavy atom. The molecule has 3 rings (SSSR count). The predicted molar refractivity (Wildman–Crippen MR) is 70.1 cm³/mol. The molecule has 0 bridgehead atoms. The van der Waals surface area contributed by atoms with E-state index in [4.69, 9.17) is 16.0 Å². The van der Waals surface area contributed by atoms with Crippen LogP contribution in [-0.4, -0.2) is 20.4 Å². The zero-order valence-electron chi connectivity index (χ0n) is 9.62. The number of para-hydroxylation sites is 1. The van der Waals surface area contributed by atoms with Gasteiger partial charge in [-0.1, -0.05) is 34.9 Å². The van der Waals surface area contributed by atoms with Gasteiger partial charge in [-0.15, -0.1) is 15.3 Å². The summed E-state index contributed by atoms with van der Waals surface area (Å²) >= 11 is 5.66. The maximum Gasteiger partial charge on any atom is 0.320 e. The summed E-state index contributed by atoms with van der Waals surface area (Å²) < 4.78 is 5.43. The number of rotatable bonds is 3. The molecule has 0 aliphatic heterocycles. The molecule has 2 heterocycles. The first-order valence-corrected chi connectivity index (χ1v) is 5.84. The Bertz CT molecular complexity index is 668. The van der Waals surface area contributed by atoms with E-state index in [0.717, 1.165) is 5.69 Å². The van der Waals surface area contributed by atoms with Gasteiger partial charge in [-0.2, -0.15) is 0 Å². The van der Waals surface area contributed by atoms with Gasteiger partial charge in [0, 0.05) is 5.69 Å². The lowest BCUT2D eigenvalue weighted by Gasteiger charge is -1.98. The third-order valence-electron chi connectivity index (χ3n) is 2.30. The van der Waals surface area contributed by atoms with Crippen LogP contribution in [0.15, 0.2) is 46.9 Å². The molecule has 0 spiro atoms. The summed E-state index contributed by atoms with van der Waals surface area (Å²) in [6.07, 6.45) is 0. The molecule has 0 radical (unpaired) electrons. The van der Waals surface area contributed by atoms with E-state index in [1.165, 1.54) is 0 Å². The summed E-state index contributed by atoms with van der Waals surface area (Å²) in [4.78, 5) is 0. The standard InChI is InChI=1S/C12H8ClN5O/c13-10-7-6-9(15-16-10)11-17-18-12(19-11)14-8-4-2-1-3-5-8/h1-7H,(H,14,18). The second-order valence-corrected chi connectivity index (χ2v) is 4.03. The normalized spacial score (nSPS) is 10.4. The van der Waals surface area contributed by atoms with E-state index in [1.807, 2.05) is 30.3 Å². The van der Waals surface area contributed by atoms with Crippen molar-refractivity contribution in [1.29, 1.82) is 0 Å². The third-order valence-corrected chi connectivity index (χ3v) is 2.50. The van der Waals surface area contributed by atoms with Crippen LogP contribution in [0.1, 0.15) is 0 Å². The summed E-state index contributed by atoms with van der Waals surface area (Å²) in [6.45, 7) is 0. The molecular formula is C12H8ClN5O. The van der Waals surface area contributed by atoms with Gasteiger partial charge in [0.1, 0.15) is 5.69 Å². The highest BCUT2D eigenvalue weighted by atomic mass is 35.5. The van der Waals surface area contributed by atoms with Crippen LogP contribution in [-0.2, 0) is 0 Å². The molecule has 19 heavy (non-hydrogen) atoms. The number of benzene rings is 1. The molecule has 0 aliphatic carbocycles. The topological polar surface area (TPSA) is 76.7 Å². The van der Waals surface area contributed by atoms with Crippen molar-refractivity contribution in [2.75, 3.05) is 5.32 Å². The Morgan fingerprint density at radius 3 is 2.47 bits per heavy atom. The van der Waals surface area contributed by atoms with Crippen molar-refractivity contribution in [2.45, 2.75) is 0 Å². The summed E-state index contributed by atoms with van der Waals surface area (Å²) in [5.41, 5.74) is 1.33. The molecule has 0 fully saturated rings. The number of nitrogens with zero attached hydrogens (tertiary/aromatic N) is 4. The summed E-state index contributed by atoms with van der Waals surface area (Å²) in [5, 5.41) is 18.7. The first-order valence-electron chi connectivity index (χ1n) is 5.46. The van der Waals surface area contributed by atoms with Gasteiger partial charge in [-0.3, -0.25) is 0 Å². The number of hydrogen-bond donors (Lipinski definition) is 1. The first-order chi connectivity index (χ1) is 9.31. The highest BCUT2D eigenvalue weighted by Crippen LogP contribution is 2.20. The van der Waals surface area contributed by atoms with E-state index in [-0.39, 0.29) is 11.9 Å². The number of aromatic nitrogens is 4. The van der Waals surface area contributed by atoms with Crippen molar-refractivity contribution in [3.63, 3.8) is 0 Å². The Morgan fingerprint density at radius 1 is 0.895 bits per heavy atom. The highest BCUT2D eigenvalue weighted by Gasteiger charge is 2.10. The van der Waals surface area contributed by atoms with Crippen molar-refractivity contribution >= 4 is 23.3 Å². The van der Waals surface area contributed by atoms with Crippen LogP contribution in [0.5, 0.6) is 0 Å². The van der Waals surface area contributed by atoms with Crippen molar-refractivity contribution in [3.05, 3.63) is 47.6 Å². The molecule has 0 amide bonds. The third kappa shape index (κ3) is 2.69. The first kappa shape index (κ1) is 11.6. The molecule has 1 N–H and O–H groups in total. The minimum absolute atomic E-state index is 0.280. The van der Waals surface area contributed by atoms with Crippen molar-refractivity contribution in [2.24, 2.45) is 0 Å². The molecule has 2 aromatic heterocycles. The fraction of sp³-hybridized carbons (Fsp3) is 0. The van der Waals surface area contributed by atoms with Gasteiger partial charge < -0.3 is 9.73 Å². The van der Waals surface area contributed by atoms with E-state index >= 15 is 0 Å². The van der Waals surface area contributed by atoms with Gasteiger partial charge in [0.25, 0.3) is 5.89 Å². The van der Waals surface area contributed by atoms with Crippen LogP contribution in [0.25, 0.3) is 11.6 Å². The van der Waals surface area contributed by atoms with E-state index < -0.39 is 0 Å². The summed E-state index contributed by atoms with van der Waals surface area (Å²) in [6, 6.07) is 13.1. The van der Waals surface area contributed by atoms with Crippen LogP contribution in [0.3, 0.4) is 0 Å². The minimum Gasteiger partial charge on any atom is -0.401 e. The molecule has 0 saturated carbocycles. The second-order valence-electron chi connectivity index (χ2n) is 3.64. The van der Waals surface area contributed by atoms with Crippen molar-refractivity contribution in [3.8, 4) is 11.6 Å². The van der Waals surface area contributed by atoms with Crippen LogP contribution >= 0.6 is 11.6 Å². The van der Waals surface area contributed by atoms with E-state index in [0.29, 0.717) is 10.8 Å². The molecule has 0 aliphatic rings. The Kier molecular flexibility index (Phi) is 3.07. The smallest absolute Gasteiger partial charge is 0.320 e. The zero-order valence-corrected chi connectivity index (χ0v) is 10.4. The monoisotopic (exact) mass is 273 g/mol. The Hall–Kier alpha value is -2.47. The Labute approximate surface area is 113 Å². The number of nitrogens with one attached hydrogen (secondary N) is 1. The van der Waals surface area contributed by atoms with Crippen molar-refractivity contribution in [1.82, 2.24) is 20.4 Å². The lowest BCUT2D eigenvalue weighted by molar-refractivity contribution is 0.584. The molecule has 0 atom stereocenters. The van der Waals surface area contributed by atoms with Gasteiger partial charge in [0.15, 0.2) is 5.15 Å². The maximum atomic E-state index is 5.66. The fourth-order valence-electron chi connectivity index (χ4n) is 1.45. The van der Waals surface area contributed by atoms with Gasteiger partial charge >= 0.3 is 6.01 Å². The molecular weight excluding hydrogens is 266 g/mol. The zero-order chi connectivity index (χ0) is 13.1. The minimum atomic E-state index is 0.280. The second kappa shape index (κ2) is 5.03. The van der Waals surface area contributed by atoms with Crippen molar-refractivity contribution < 1.29 is 4.42 Å². The highest BCUT2D eigenvalue weighted by molar-refractivity contribution is 6.29. The predicted octanol–water partition coefficient (Wildman–Crippen LogP) is 2.92. The maximum absolute atomic E-state index is 5.66. The molecule has 1 aromatic carbocycles. The van der Waals surface area contributed by atoms with Gasteiger partial charge in [0.05, 0.1) is 0 Å². The summed E-state index contributed by atoms with van der Waals surface area (Å²) in [5.74, 6) is 0.280. The summed E-state index contributed by atoms with van der Waals surface area (Å²) in [7, 11) is 0. The van der Waals surface area contributed by atoms with Gasteiger partial charge in [-0.05, 0) is 24.3 Å². The van der Waals surface area contributed by atoms with E-state index in [2.05, 4.69) is 25.7 Å². The van der Waals surface area contributed by atoms with Gasteiger partial charge in [-0.25, -0.2) is 0 Å². The number of halogens is 1. The van der Waals surface area contributed by atoms with Crippen LogP contribution in [0, 0.1) is 0 Å². The van der Waals surface area contributed by atoms with E-state index in [1.54, 1.807) is 12.1 Å². The lowest BCUT2D eigenvalue weighted by atomic mass is 10.3. The van der Waals surface area contributed by atoms with E-state index in [9.17, 15) is 0 Å². The molecule has 0 saturated heterocycles. The average Bonchev–Trinajstić information content (AvgIpc) is 2.89. The fourth-order valence-corrected chi connectivity index (χ4v) is 1.55. The molecule has 0 unspecified atom stereocenters. The van der Waals surface area contributed by atoms with Gasteiger partial charge in [0.2, 0.25) is 0 Å². The molecule has 6 nitrogen and oxygen atoms in total. The van der Waals surface area contributed by atoms with Crippen LogP contribution < -0.4 is 5.32 Å². The molecule has 94 valence electrons. The quantitative estimate of drug-likeness (QED) is 0.791. The SMILES string of the molecule is Clc1ccc(-c2nnc(Nc3ccccc3)o2)nn1. The molecule has 3 aromatic rings. The Balaban J connectivity index is 1.82. The van der Waals surface area contributed by atoms with Crippen LogP contribution in [0.4, 0.5) is 11.7 Å².